The number of carbonyl (C=O) groups is 1. The quantitative estimate of drug-likeness (QED) is 0.694. The first-order valence-corrected chi connectivity index (χ1v) is 5.75. The Morgan fingerprint density at radius 2 is 1.79 bits per heavy atom. The van der Waals surface area contributed by atoms with E-state index in [-0.39, 0.29) is 5.78 Å². The number of hydrogen-bond acceptors (Lipinski definition) is 2. The van der Waals surface area contributed by atoms with E-state index in [1.54, 1.807) is 0 Å². The predicted molar refractivity (Wildman–Crippen MR) is 57.2 cm³/mol. The van der Waals surface area contributed by atoms with E-state index in [0.717, 1.165) is 24.7 Å². The Labute approximate surface area is 87.0 Å². The molecule has 1 rings (SSSR count). The van der Waals surface area contributed by atoms with Gasteiger partial charge in [0, 0.05) is 6.42 Å². The van der Waals surface area contributed by atoms with Crippen LogP contribution in [0.4, 0.5) is 0 Å². The van der Waals surface area contributed by atoms with Gasteiger partial charge in [0.25, 0.3) is 0 Å². The van der Waals surface area contributed by atoms with Crippen LogP contribution in [0.15, 0.2) is 0 Å². The highest BCUT2D eigenvalue weighted by molar-refractivity contribution is 5.79. The van der Waals surface area contributed by atoms with Gasteiger partial charge >= 0.3 is 0 Å². The molecule has 0 aliphatic heterocycles. The number of carbonyl (C=O) groups excluding carboxylic acids is 1. The van der Waals surface area contributed by atoms with E-state index >= 15 is 0 Å². The van der Waals surface area contributed by atoms with Crippen LogP contribution in [0.2, 0.25) is 0 Å². The van der Waals surface area contributed by atoms with Crippen molar-refractivity contribution in [1.29, 1.82) is 0 Å². The average molecular weight is 198 g/mol. The molecule has 0 aromatic rings. The molecular formula is C12H22O2. The molecule has 14 heavy (non-hydrogen) atoms. The molecule has 0 aromatic carbocycles. The van der Waals surface area contributed by atoms with Crippen LogP contribution in [-0.2, 0) is 9.53 Å². The first kappa shape index (κ1) is 11.7. The van der Waals surface area contributed by atoms with Crippen molar-refractivity contribution in [2.75, 3.05) is 6.61 Å². The van der Waals surface area contributed by atoms with Gasteiger partial charge in [0.2, 0.25) is 0 Å². The molecule has 0 saturated heterocycles. The van der Waals surface area contributed by atoms with E-state index in [1.807, 2.05) is 6.92 Å². The van der Waals surface area contributed by atoms with Crippen LogP contribution in [0.5, 0.6) is 0 Å². The molecule has 0 bridgehead atoms. The highest BCUT2D eigenvalue weighted by atomic mass is 16.5. The summed E-state index contributed by atoms with van der Waals surface area (Å²) < 4.78 is 5.63. The van der Waals surface area contributed by atoms with Crippen molar-refractivity contribution in [3.05, 3.63) is 0 Å². The van der Waals surface area contributed by atoms with E-state index in [0.29, 0.717) is 19.1 Å². The smallest absolute Gasteiger partial charge is 0.158 e. The maximum absolute atomic E-state index is 11.1. The van der Waals surface area contributed by atoms with Gasteiger partial charge in [-0.3, -0.25) is 4.79 Å². The molecule has 1 fully saturated rings. The van der Waals surface area contributed by atoms with Crippen LogP contribution in [0.3, 0.4) is 0 Å². The zero-order valence-corrected chi connectivity index (χ0v) is 9.58. The van der Waals surface area contributed by atoms with Gasteiger partial charge in [0.1, 0.15) is 6.61 Å². The van der Waals surface area contributed by atoms with Gasteiger partial charge in [-0.1, -0.05) is 20.8 Å². The first-order valence-electron chi connectivity index (χ1n) is 5.75. The molecule has 1 saturated carbocycles. The molecular weight excluding hydrogens is 176 g/mol. The molecule has 0 spiro atoms. The van der Waals surface area contributed by atoms with E-state index in [4.69, 9.17) is 4.74 Å². The number of ketones is 1. The third-order valence-electron chi connectivity index (χ3n) is 3.01. The van der Waals surface area contributed by atoms with Crippen LogP contribution in [-0.4, -0.2) is 18.5 Å². The van der Waals surface area contributed by atoms with Crippen LogP contribution in [0.25, 0.3) is 0 Å². The monoisotopic (exact) mass is 198 g/mol. The molecule has 2 unspecified atom stereocenters. The fraction of sp³-hybridized carbons (Fsp3) is 0.917. The lowest BCUT2D eigenvalue weighted by atomic mass is 9.82. The third kappa shape index (κ3) is 3.79. The standard InChI is InChI=1S/C12H22O2/c1-4-11(13)8-14-12-6-9(2)5-10(3)7-12/h9-10,12H,4-8H2,1-3H3. The lowest BCUT2D eigenvalue weighted by Crippen LogP contribution is -2.28. The molecule has 2 nitrogen and oxygen atoms in total. The van der Waals surface area contributed by atoms with Gasteiger partial charge in [-0.15, -0.1) is 0 Å². The lowest BCUT2D eigenvalue weighted by Gasteiger charge is -2.31. The predicted octanol–water partition coefficient (Wildman–Crippen LogP) is 2.81. The second kappa shape index (κ2) is 5.50. The summed E-state index contributed by atoms with van der Waals surface area (Å²) >= 11 is 0. The zero-order chi connectivity index (χ0) is 10.6. The minimum atomic E-state index is 0.218. The zero-order valence-electron chi connectivity index (χ0n) is 9.58. The Kier molecular flexibility index (Phi) is 4.59. The molecule has 0 N–H and O–H groups in total. The van der Waals surface area contributed by atoms with Crippen molar-refractivity contribution >= 4 is 5.78 Å². The van der Waals surface area contributed by atoms with Crippen molar-refractivity contribution < 1.29 is 9.53 Å². The number of Topliss-reactive ketones (excluding diaryl/α,β-unsaturated/α-hetero) is 1. The number of rotatable bonds is 4. The summed E-state index contributed by atoms with van der Waals surface area (Å²) in [6.07, 6.45) is 4.48. The third-order valence-corrected chi connectivity index (χ3v) is 3.01. The average Bonchev–Trinajstić information content (AvgIpc) is 2.12. The maximum atomic E-state index is 11.1. The van der Waals surface area contributed by atoms with Gasteiger partial charge in [-0.2, -0.15) is 0 Å². The highest BCUT2D eigenvalue weighted by Crippen LogP contribution is 2.30. The minimum Gasteiger partial charge on any atom is -0.370 e. The maximum Gasteiger partial charge on any atom is 0.158 e. The Morgan fingerprint density at radius 1 is 1.21 bits per heavy atom. The minimum absolute atomic E-state index is 0.218. The van der Waals surface area contributed by atoms with Gasteiger partial charge < -0.3 is 4.74 Å². The number of hydrogen-bond donors (Lipinski definition) is 0. The largest absolute Gasteiger partial charge is 0.370 e. The van der Waals surface area contributed by atoms with E-state index in [9.17, 15) is 4.79 Å². The Hall–Kier alpha value is -0.370. The van der Waals surface area contributed by atoms with Gasteiger partial charge in [-0.25, -0.2) is 0 Å². The van der Waals surface area contributed by atoms with Gasteiger partial charge in [0.05, 0.1) is 6.10 Å². The van der Waals surface area contributed by atoms with E-state index in [2.05, 4.69) is 13.8 Å². The molecule has 0 amide bonds. The molecule has 0 aromatic heterocycles. The van der Waals surface area contributed by atoms with Gasteiger partial charge in [0.15, 0.2) is 5.78 Å². The van der Waals surface area contributed by atoms with E-state index < -0.39 is 0 Å². The molecule has 2 atom stereocenters. The molecule has 0 radical (unpaired) electrons. The summed E-state index contributed by atoms with van der Waals surface area (Å²) in [6, 6.07) is 0. The van der Waals surface area contributed by atoms with Gasteiger partial charge in [-0.05, 0) is 31.1 Å². The molecule has 2 heteroatoms. The van der Waals surface area contributed by atoms with Crippen molar-refractivity contribution in [1.82, 2.24) is 0 Å². The van der Waals surface area contributed by atoms with Crippen LogP contribution < -0.4 is 0 Å². The van der Waals surface area contributed by atoms with Crippen LogP contribution in [0, 0.1) is 11.8 Å². The molecule has 82 valence electrons. The normalized spacial score (nSPS) is 32.9. The second-order valence-corrected chi connectivity index (χ2v) is 4.74. The van der Waals surface area contributed by atoms with Crippen molar-refractivity contribution in [2.45, 2.75) is 52.6 Å². The summed E-state index contributed by atoms with van der Waals surface area (Å²) in [4.78, 5) is 11.1. The van der Waals surface area contributed by atoms with Crippen molar-refractivity contribution in [3.63, 3.8) is 0 Å². The summed E-state index contributed by atoms with van der Waals surface area (Å²) in [7, 11) is 0. The van der Waals surface area contributed by atoms with Crippen molar-refractivity contribution in [2.24, 2.45) is 11.8 Å². The summed E-state index contributed by atoms with van der Waals surface area (Å²) in [5, 5.41) is 0. The topological polar surface area (TPSA) is 26.3 Å². The summed E-state index contributed by atoms with van der Waals surface area (Å²) in [6.45, 7) is 6.75. The number of ether oxygens (including phenoxy) is 1. The molecule has 1 aliphatic carbocycles. The highest BCUT2D eigenvalue weighted by Gasteiger charge is 2.24. The Morgan fingerprint density at radius 3 is 2.29 bits per heavy atom. The fourth-order valence-electron chi connectivity index (χ4n) is 2.32. The molecule has 0 heterocycles. The summed E-state index contributed by atoms with van der Waals surface area (Å²) in [5.74, 6) is 1.72. The van der Waals surface area contributed by atoms with Crippen LogP contribution in [0.1, 0.15) is 46.5 Å². The lowest BCUT2D eigenvalue weighted by molar-refractivity contribution is -0.126. The first-order chi connectivity index (χ1) is 6.61. The second-order valence-electron chi connectivity index (χ2n) is 4.74. The van der Waals surface area contributed by atoms with E-state index in [1.165, 1.54) is 6.42 Å². The van der Waals surface area contributed by atoms with Crippen molar-refractivity contribution in [3.8, 4) is 0 Å². The summed E-state index contributed by atoms with van der Waals surface area (Å²) in [5.41, 5.74) is 0. The SMILES string of the molecule is CCC(=O)COC1CC(C)CC(C)C1. The Balaban J connectivity index is 2.26. The fourth-order valence-corrected chi connectivity index (χ4v) is 2.32. The van der Waals surface area contributed by atoms with Crippen LogP contribution >= 0.6 is 0 Å². The molecule has 1 aliphatic rings. The Bertz CT molecular complexity index is 179.